The van der Waals surface area contributed by atoms with Crippen molar-refractivity contribution in [3.05, 3.63) is 35.4 Å². The normalized spacial score (nSPS) is 11.6. The zero-order chi connectivity index (χ0) is 16.9. The standard InChI is InChI=1S/C17H27F2N3O/c1-3-20-17(21-11-5-6-13-23-4-2)22-12-10-14-15(18)8-7-9-16(14)19/h7-9H,3-6,10-13H2,1-2H3,(H2,20,21,22). The van der Waals surface area contributed by atoms with Gasteiger partial charge in [0.25, 0.3) is 0 Å². The number of aliphatic imine (C=N–C) groups is 1. The minimum Gasteiger partial charge on any atom is -0.382 e. The summed E-state index contributed by atoms with van der Waals surface area (Å²) in [5.41, 5.74) is 0.104. The van der Waals surface area contributed by atoms with Crippen molar-refractivity contribution in [1.82, 2.24) is 10.6 Å². The minimum absolute atomic E-state index is 0.104. The zero-order valence-electron chi connectivity index (χ0n) is 14.0. The van der Waals surface area contributed by atoms with E-state index < -0.39 is 11.6 Å². The third kappa shape index (κ3) is 7.93. The van der Waals surface area contributed by atoms with Crippen molar-refractivity contribution in [2.75, 3.05) is 32.8 Å². The van der Waals surface area contributed by atoms with E-state index in [1.54, 1.807) is 0 Å². The van der Waals surface area contributed by atoms with Crippen LogP contribution in [0.4, 0.5) is 8.78 Å². The number of ether oxygens (including phenoxy) is 1. The molecule has 0 fully saturated rings. The fourth-order valence-electron chi connectivity index (χ4n) is 2.07. The van der Waals surface area contributed by atoms with Crippen LogP contribution in [-0.4, -0.2) is 38.8 Å². The molecule has 0 saturated carbocycles. The number of halogens is 2. The maximum absolute atomic E-state index is 13.5. The molecular formula is C17H27F2N3O. The molecule has 1 aromatic carbocycles. The Morgan fingerprint density at radius 1 is 1.13 bits per heavy atom. The largest absolute Gasteiger partial charge is 0.382 e. The molecule has 23 heavy (non-hydrogen) atoms. The molecule has 0 radical (unpaired) electrons. The van der Waals surface area contributed by atoms with Gasteiger partial charge in [-0.3, -0.25) is 4.99 Å². The molecule has 0 aromatic heterocycles. The topological polar surface area (TPSA) is 45.7 Å². The van der Waals surface area contributed by atoms with Crippen LogP contribution in [0.3, 0.4) is 0 Å². The van der Waals surface area contributed by atoms with E-state index in [1.165, 1.54) is 18.2 Å². The first-order valence-corrected chi connectivity index (χ1v) is 8.21. The highest BCUT2D eigenvalue weighted by molar-refractivity contribution is 5.79. The first kappa shape index (κ1) is 19.4. The SMILES string of the molecule is CCNC(=NCCCCOCC)NCCc1c(F)cccc1F. The van der Waals surface area contributed by atoms with E-state index in [4.69, 9.17) is 4.74 Å². The van der Waals surface area contributed by atoms with E-state index in [0.717, 1.165) is 32.6 Å². The lowest BCUT2D eigenvalue weighted by Gasteiger charge is -2.12. The lowest BCUT2D eigenvalue weighted by molar-refractivity contribution is 0.144. The van der Waals surface area contributed by atoms with Crippen molar-refractivity contribution in [3.63, 3.8) is 0 Å². The van der Waals surface area contributed by atoms with Gasteiger partial charge >= 0.3 is 0 Å². The van der Waals surface area contributed by atoms with Crippen LogP contribution in [-0.2, 0) is 11.2 Å². The fraction of sp³-hybridized carbons (Fsp3) is 0.588. The average molecular weight is 327 g/mol. The van der Waals surface area contributed by atoms with Crippen LogP contribution in [0, 0.1) is 11.6 Å². The summed E-state index contributed by atoms with van der Waals surface area (Å²) in [5, 5.41) is 6.22. The predicted molar refractivity (Wildman–Crippen MR) is 89.8 cm³/mol. The Balaban J connectivity index is 2.37. The molecule has 1 aromatic rings. The van der Waals surface area contributed by atoms with Crippen LogP contribution < -0.4 is 10.6 Å². The summed E-state index contributed by atoms with van der Waals surface area (Å²) in [6.45, 7) is 7.28. The van der Waals surface area contributed by atoms with E-state index in [1.807, 2.05) is 13.8 Å². The van der Waals surface area contributed by atoms with Gasteiger partial charge in [0, 0.05) is 38.4 Å². The number of hydrogen-bond acceptors (Lipinski definition) is 2. The smallest absolute Gasteiger partial charge is 0.191 e. The van der Waals surface area contributed by atoms with Gasteiger partial charge in [-0.15, -0.1) is 0 Å². The molecule has 0 aliphatic rings. The Bertz CT molecular complexity index is 461. The lowest BCUT2D eigenvalue weighted by atomic mass is 10.1. The van der Waals surface area contributed by atoms with E-state index in [0.29, 0.717) is 19.0 Å². The Morgan fingerprint density at radius 3 is 2.52 bits per heavy atom. The molecule has 0 amide bonds. The predicted octanol–water partition coefficient (Wildman–Crippen LogP) is 2.88. The van der Waals surface area contributed by atoms with Gasteiger partial charge in [-0.1, -0.05) is 6.07 Å². The van der Waals surface area contributed by atoms with E-state index in [9.17, 15) is 8.78 Å². The molecule has 4 nitrogen and oxygen atoms in total. The number of unbranched alkanes of at least 4 members (excludes halogenated alkanes) is 1. The molecule has 0 atom stereocenters. The third-order valence-corrected chi connectivity index (χ3v) is 3.24. The molecule has 0 spiro atoms. The van der Waals surface area contributed by atoms with Crippen LogP contribution in [0.25, 0.3) is 0 Å². The average Bonchev–Trinajstić information content (AvgIpc) is 2.53. The summed E-state index contributed by atoms with van der Waals surface area (Å²) in [4.78, 5) is 4.44. The lowest BCUT2D eigenvalue weighted by Crippen LogP contribution is -2.38. The molecule has 2 N–H and O–H groups in total. The summed E-state index contributed by atoms with van der Waals surface area (Å²) in [7, 11) is 0. The van der Waals surface area contributed by atoms with Crippen LogP contribution in [0.2, 0.25) is 0 Å². The maximum atomic E-state index is 13.5. The van der Waals surface area contributed by atoms with Crippen LogP contribution in [0.15, 0.2) is 23.2 Å². The maximum Gasteiger partial charge on any atom is 0.191 e. The monoisotopic (exact) mass is 327 g/mol. The van der Waals surface area contributed by atoms with Crippen LogP contribution in [0.5, 0.6) is 0 Å². The number of nitrogens with zero attached hydrogens (tertiary/aromatic N) is 1. The second kappa shape index (κ2) is 11.8. The van der Waals surface area contributed by atoms with Gasteiger partial charge in [-0.25, -0.2) is 8.78 Å². The van der Waals surface area contributed by atoms with Gasteiger partial charge in [-0.05, 0) is 45.2 Å². The van der Waals surface area contributed by atoms with Gasteiger partial charge in [-0.2, -0.15) is 0 Å². The molecular weight excluding hydrogens is 300 g/mol. The molecule has 0 aliphatic carbocycles. The van der Waals surface area contributed by atoms with E-state index in [-0.39, 0.29) is 12.0 Å². The summed E-state index contributed by atoms with van der Waals surface area (Å²) in [5.74, 6) is -0.352. The van der Waals surface area contributed by atoms with Gasteiger partial charge in [0.2, 0.25) is 0 Å². The summed E-state index contributed by atoms with van der Waals surface area (Å²) in [6.07, 6.45) is 2.18. The Morgan fingerprint density at radius 2 is 1.87 bits per heavy atom. The number of benzene rings is 1. The molecule has 130 valence electrons. The number of hydrogen-bond donors (Lipinski definition) is 2. The number of guanidine groups is 1. The van der Waals surface area contributed by atoms with Crippen LogP contribution >= 0.6 is 0 Å². The zero-order valence-corrected chi connectivity index (χ0v) is 14.0. The van der Waals surface area contributed by atoms with E-state index in [2.05, 4.69) is 15.6 Å². The Hall–Kier alpha value is -1.69. The summed E-state index contributed by atoms with van der Waals surface area (Å²) in [6, 6.07) is 3.92. The van der Waals surface area contributed by atoms with Crippen molar-refractivity contribution < 1.29 is 13.5 Å². The van der Waals surface area contributed by atoms with Gasteiger partial charge in [0.05, 0.1) is 0 Å². The summed E-state index contributed by atoms with van der Waals surface area (Å²) < 4.78 is 32.4. The van der Waals surface area contributed by atoms with Gasteiger partial charge in [0.15, 0.2) is 5.96 Å². The van der Waals surface area contributed by atoms with Crippen LogP contribution in [0.1, 0.15) is 32.3 Å². The van der Waals surface area contributed by atoms with Gasteiger partial charge in [0.1, 0.15) is 11.6 Å². The molecule has 0 aliphatic heterocycles. The number of rotatable bonds is 10. The second-order valence-electron chi connectivity index (χ2n) is 5.04. The third-order valence-electron chi connectivity index (χ3n) is 3.24. The van der Waals surface area contributed by atoms with Crippen molar-refractivity contribution in [1.29, 1.82) is 0 Å². The number of nitrogens with one attached hydrogen (secondary N) is 2. The highest BCUT2D eigenvalue weighted by Gasteiger charge is 2.08. The summed E-state index contributed by atoms with van der Waals surface area (Å²) >= 11 is 0. The fourth-order valence-corrected chi connectivity index (χ4v) is 2.07. The first-order chi connectivity index (χ1) is 11.2. The minimum atomic E-state index is -0.510. The second-order valence-corrected chi connectivity index (χ2v) is 5.04. The van der Waals surface area contributed by atoms with Crippen molar-refractivity contribution in [3.8, 4) is 0 Å². The van der Waals surface area contributed by atoms with E-state index >= 15 is 0 Å². The molecule has 6 heteroatoms. The molecule has 0 heterocycles. The van der Waals surface area contributed by atoms with Gasteiger partial charge < -0.3 is 15.4 Å². The Labute approximate surface area is 137 Å². The molecule has 0 saturated heterocycles. The van der Waals surface area contributed by atoms with Crippen molar-refractivity contribution >= 4 is 5.96 Å². The molecule has 0 bridgehead atoms. The highest BCUT2D eigenvalue weighted by Crippen LogP contribution is 2.11. The Kier molecular flexibility index (Phi) is 9.95. The van der Waals surface area contributed by atoms with Crippen molar-refractivity contribution in [2.45, 2.75) is 33.1 Å². The molecule has 0 unspecified atom stereocenters. The van der Waals surface area contributed by atoms with Crippen molar-refractivity contribution in [2.24, 2.45) is 4.99 Å². The highest BCUT2D eigenvalue weighted by atomic mass is 19.1. The first-order valence-electron chi connectivity index (χ1n) is 8.21. The quantitative estimate of drug-likeness (QED) is 0.395. The molecule has 1 rings (SSSR count).